The molecule has 0 saturated heterocycles. The van der Waals surface area contributed by atoms with Crippen molar-refractivity contribution in [2.24, 2.45) is 0 Å². The number of ether oxygens (including phenoxy) is 1. The first-order valence-electron chi connectivity index (χ1n) is 11.6. The van der Waals surface area contributed by atoms with Gasteiger partial charge < -0.3 is 15.0 Å². The molecule has 0 saturated carbocycles. The Morgan fingerprint density at radius 3 is 2.19 bits per heavy atom. The predicted molar refractivity (Wildman–Crippen MR) is 144 cm³/mol. The Labute approximate surface area is 223 Å². The fourth-order valence-electron chi connectivity index (χ4n) is 3.57. The number of sulfonamides is 1. The van der Waals surface area contributed by atoms with E-state index in [0.717, 1.165) is 22.5 Å². The Hall–Kier alpha value is -2.49. The van der Waals surface area contributed by atoms with Gasteiger partial charge in [-0.15, -0.1) is 0 Å². The number of carbonyl (C=O) groups is 2. The number of carbonyl (C=O) groups excluding carboxylic acids is 2. The molecule has 1 N–H and O–H groups in total. The highest BCUT2D eigenvalue weighted by atomic mass is 35.5. The molecule has 0 heterocycles. The number of hydrogen-bond donors (Lipinski definition) is 1. The Balaban J connectivity index is 2.45. The molecular weight excluding hydrogens is 525 g/mol. The molecule has 8 nitrogen and oxygen atoms in total. The molecule has 0 aliphatic carbocycles. The maximum atomic E-state index is 13.7. The van der Waals surface area contributed by atoms with Gasteiger partial charge in [0.15, 0.2) is 0 Å². The molecule has 2 aromatic rings. The Morgan fingerprint density at radius 2 is 1.69 bits per heavy atom. The van der Waals surface area contributed by atoms with E-state index in [4.69, 9.17) is 27.9 Å². The van der Waals surface area contributed by atoms with E-state index in [1.165, 1.54) is 30.2 Å². The number of halogens is 2. The predicted octanol–water partition coefficient (Wildman–Crippen LogP) is 4.49. The maximum Gasteiger partial charge on any atom is 0.244 e. The zero-order valence-electron chi connectivity index (χ0n) is 21.1. The average molecular weight is 559 g/mol. The van der Waals surface area contributed by atoms with E-state index in [1.807, 2.05) is 13.8 Å². The molecule has 11 heteroatoms. The van der Waals surface area contributed by atoms with Crippen LogP contribution in [0.2, 0.25) is 10.0 Å². The summed E-state index contributed by atoms with van der Waals surface area (Å²) in [4.78, 5) is 28.2. The molecule has 0 spiro atoms. The standard InChI is InChI=1S/C25H33Cl2N3O5S/c1-6-17(3)28-25(32)22(7-2)29(15-18-8-10-19(26)11-9-18)24(31)16-30(36(5,33)34)20-12-13-23(35-4)21(27)14-20/h8-14,17,22H,6-7,15-16H2,1-5H3,(H,28,32)/t17-,22-/m1/s1. The van der Waals surface area contributed by atoms with Crippen LogP contribution in [0.25, 0.3) is 0 Å². The van der Waals surface area contributed by atoms with Gasteiger partial charge in [0.1, 0.15) is 18.3 Å². The number of methoxy groups -OCH3 is 1. The quantitative estimate of drug-likeness (QED) is 0.414. The van der Waals surface area contributed by atoms with Crippen molar-refractivity contribution in [3.63, 3.8) is 0 Å². The molecule has 2 amide bonds. The maximum absolute atomic E-state index is 13.7. The van der Waals surface area contributed by atoms with Crippen molar-refractivity contribution in [1.82, 2.24) is 10.2 Å². The second-order valence-electron chi connectivity index (χ2n) is 8.48. The third-order valence-corrected chi connectivity index (χ3v) is 7.44. The largest absolute Gasteiger partial charge is 0.495 e. The van der Waals surface area contributed by atoms with Gasteiger partial charge in [0.2, 0.25) is 21.8 Å². The van der Waals surface area contributed by atoms with E-state index >= 15 is 0 Å². The number of hydrogen-bond acceptors (Lipinski definition) is 5. The van der Waals surface area contributed by atoms with Crippen molar-refractivity contribution in [3.8, 4) is 5.75 Å². The zero-order valence-corrected chi connectivity index (χ0v) is 23.5. The van der Waals surface area contributed by atoms with E-state index in [2.05, 4.69) is 5.32 Å². The van der Waals surface area contributed by atoms with Gasteiger partial charge >= 0.3 is 0 Å². The van der Waals surface area contributed by atoms with Crippen LogP contribution in [-0.2, 0) is 26.2 Å². The van der Waals surface area contributed by atoms with Crippen LogP contribution >= 0.6 is 23.2 Å². The second-order valence-corrected chi connectivity index (χ2v) is 11.2. The molecule has 0 aliphatic rings. The molecule has 0 aromatic heterocycles. The lowest BCUT2D eigenvalue weighted by Crippen LogP contribution is -2.53. The lowest BCUT2D eigenvalue weighted by atomic mass is 10.1. The summed E-state index contributed by atoms with van der Waals surface area (Å²) in [6.45, 7) is 5.23. The van der Waals surface area contributed by atoms with E-state index in [9.17, 15) is 18.0 Å². The summed E-state index contributed by atoms with van der Waals surface area (Å²) < 4.78 is 31.5. The topological polar surface area (TPSA) is 96.0 Å². The van der Waals surface area contributed by atoms with E-state index in [-0.39, 0.29) is 29.2 Å². The minimum absolute atomic E-state index is 0.0759. The highest BCUT2D eigenvalue weighted by molar-refractivity contribution is 7.92. The summed E-state index contributed by atoms with van der Waals surface area (Å²) in [6, 6.07) is 10.5. The fraction of sp³-hybridized carbons (Fsp3) is 0.440. The molecule has 36 heavy (non-hydrogen) atoms. The van der Waals surface area contributed by atoms with Crippen LogP contribution in [0.5, 0.6) is 5.75 Å². The number of nitrogens with zero attached hydrogens (tertiary/aromatic N) is 2. The van der Waals surface area contributed by atoms with Crippen molar-refractivity contribution in [3.05, 3.63) is 58.1 Å². The summed E-state index contributed by atoms with van der Waals surface area (Å²) >= 11 is 12.2. The Morgan fingerprint density at radius 1 is 1.06 bits per heavy atom. The molecule has 2 rings (SSSR count). The molecule has 0 radical (unpaired) electrons. The van der Waals surface area contributed by atoms with Crippen LogP contribution in [0.4, 0.5) is 5.69 Å². The first-order chi connectivity index (χ1) is 16.9. The van der Waals surface area contributed by atoms with Crippen molar-refractivity contribution in [1.29, 1.82) is 0 Å². The molecular formula is C25H33Cl2N3O5S. The monoisotopic (exact) mass is 557 g/mol. The van der Waals surface area contributed by atoms with Crippen LogP contribution in [0, 0.1) is 0 Å². The number of rotatable bonds is 12. The second kappa shape index (κ2) is 13.2. The summed E-state index contributed by atoms with van der Waals surface area (Å²) in [5.74, 6) is -0.460. The van der Waals surface area contributed by atoms with Gasteiger partial charge in [0, 0.05) is 17.6 Å². The lowest BCUT2D eigenvalue weighted by molar-refractivity contribution is -0.140. The highest BCUT2D eigenvalue weighted by Crippen LogP contribution is 2.30. The molecule has 0 unspecified atom stereocenters. The molecule has 2 aromatic carbocycles. The van der Waals surface area contributed by atoms with Crippen LogP contribution in [0.15, 0.2) is 42.5 Å². The van der Waals surface area contributed by atoms with Gasteiger partial charge in [-0.25, -0.2) is 8.42 Å². The fourth-order valence-corrected chi connectivity index (χ4v) is 4.79. The van der Waals surface area contributed by atoms with E-state index < -0.39 is 28.5 Å². The molecule has 2 atom stereocenters. The Bertz CT molecular complexity index is 1160. The minimum atomic E-state index is -3.87. The number of benzene rings is 2. The molecule has 198 valence electrons. The summed E-state index contributed by atoms with van der Waals surface area (Å²) in [5, 5.41) is 3.67. The third-order valence-electron chi connectivity index (χ3n) is 5.76. The Kier molecular flexibility index (Phi) is 10.9. The average Bonchev–Trinajstić information content (AvgIpc) is 2.82. The van der Waals surface area contributed by atoms with Crippen molar-refractivity contribution in [2.45, 2.75) is 52.2 Å². The zero-order chi connectivity index (χ0) is 27.0. The molecule has 0 fully saturated rings. The van der Waals surface area contributed by atoms with Gasteiger partial charge in [-0.05, 0) is 55.7 Å². The van der Waals surface area contributed by atoms with Crippen molar-refractivity contribution < 1.29 is 22.7 Å². The highest BCUT2D eigenvalue weighted by Gasteiger charge is 2.32. The van der Waals surface area contributed by atoms with Gasteiger partial charge in [-0.2, -0.15) is 0 Å². The number of anilines is 1. The normalized spacial score (nSPS) is 13.0. The van der Waals surface area contributed by atoms with Crippen LogP contribution in [0.3, 0.4) is 0 Å². The molecule has 0 aliphatic heterocycles. The third kappa shape index (κ3) is 8.01. The van der Waals surface area contributed by atoms with Gasteiger partial charge in [-0.1, -0.05) is 49.2 Å². The van der Waals surface area contributed by atoms with Crippen molar-refractivity contribution in [2.75, 3.05) is 24.2 Å². The first-order valence-corrected chi connectivity index (χ1v) is 14.2. The summed E-state index contributed by atoms with van der Waals surface area (Å²) in [6.07, 6.45) is 2.08. The number of amides is 2. The van der Waals surface area contributed by atoms with E-state index in [0.29, 0.717) is 17.2 Å². The first kappa shape index (κ1) is 29.7. The molecule has 0 bridgehead atoms. The van der Waals surface area contributed by atoms with Gasteiger partial charge in [0.05, 0.1) is 24.1 Å². The smallest absolute Gasteiger partial charge is 0.244 e. The van der Waals surface area contributed by atoms with E-state index in [1.54, 1.807) is 31.2 Å². The van der Waals surface area contributed by atoms with Crippen LogP contribution < -0.4 is 14.4 Å². The number of nitrogens with one attached hydrogen (secondary N) is 1. The SMILES string of the molecule is CC[C@@H](C)NC(=O)[C@@H](CC)N(Cc1ccc(Cl)cc1)C(=O)CN(c1ccc(OC)c(Cl)c1)S(C)(=O)=O. The van der Waals surface area contributed by atoms with Crippen molar-refractivity contribution >= 4 is 50.7 Å². The van der Waals surface area contributed by atoms with Gasteiger partial charge in [-0.3, -0.25) is 13.9 Å². The van der Waals surface area contributed by atoms with Gasteiger partial charge in [0.25, 0.3) is 0 Å². The van der Waals surface area contributed by atoms with Crippen LogP contribution in [-0.4, -0.2) is 57.1 Å². The summed E-state index contributed by atoms with van der Waals surface area (Å²) in [5.41, 5.74) is 0.959. The lowest BCUT2D eigenvalue weighted by Gasteiger charge is -2.33. The minimum Gasteiger partial charge on any atom is -0.495 e. The van der Waals surface area contributed by atoms with Crippen LogP contribution in [0.1, 0.15) is 39.2 Å². The summed E-state index contributed by atoms with van der Waals surface area (Å²) in [7, 11) is -2.42.